The summed E-state index contributed by atoms with van der Waals surface area (Å²) in [5.41, 5.74) is 8.90. The molecule has 0 bridgehead atoms. The normalized spacial score (nSPS) is 9.91. The lowest BCUT2D eigenvalue weighted by atomic mass is 10.2. The first-order valence-electron chi connectivity index (χ1n) is 7.02. The molecule has 0 heterocycles. The van der Waals surface area contributed by atoms with Crippen LogP contribution in [-0.2, 0) is 19.2 Å². The average Bonchev–Trinajstić information content (AvgIpc) is 2.50. The van der Waals surface area contributed by atoms with Crippen molar-refractivity contribution < 1.29 is 19.2 Å². The van der Waals surface area contributed by atoms with Gasteiger partial charge in [0.2, 0.25) is 17.7 Å². The van der Waals surface area contributed by atoms with E-state index >= 15 is 0 Å². The first-order valence-corrected chi connectivity index (χ1v) is 7.02. The maximum absolute atomic E-state index is 11.4. The van der Waals surface area contributed by atoms with Crippen molar-refractivity contribution >= 4 is 23.5 Å². The largest absolute Gasteiger partial charge is 0.298 e. The first-order chi connectivity index (χ1) is 10.5. The van der Waals surface area contributed by atoms with E-state index in [0.717, 1.165) is 0 Å². The van der Waals surface area contributed by atoms with Crippen molar-refractivity contribution in [1.82, 2.24) is 21.7 Å². The summed E-state index contributed by atoms with van der Waals surface area (Å²) in [6.07, 6.45) is 2.43. The standard InChI is InChI=1S/C12H24N6O4/c13-16-10(20)5-1-2-6-12(22)18-15-8-9(19)4-3-7-11(21)17-14/h15H,1-8,13-14H2,(H,16,20)(H,17,21)(H,18,22). The van der Waals surface area contributed by atoms with Crippen LogP contribution in [0.25, 0.3) is 0 Å². The Morgan fingerprint density at radius 1 is 0.682 bits per heavy atom. The van der Waals surface area contributed by atoms with Crippen molar-refractivity contribution in [1.29, 1.82) is 0 Å². The van der Waals surface area contributed by atoms with Crippen LogP contribution in [0.5, 0.6) is 0 Å². The van der Waals surface area contributed by atoms with E-state index in [1.807, 2.05) is 10.9 Å². The summed E-state index contributed by atoms with van der Waals surface area (Å²) >= 11 is 0. The smallest absolute Gasteiger partial charge is 0.234 e. The molecule has 0 saturated heterocycles. The summed E-state index contributed by atoms with van der Waals surface area (Å²) in [5, 5.41) is 0. The molecule has 8 N–H and O–H groups in total. The third kappa shape index (κ3) is 11.8. The molecule has 0 rings (SSSR count). The number of carbonyl (C=O) groups is 4. The van der Waals surface area contributed by atoms with Crippen molar-refractivity contribution in [2.75, 3.05) is 6.54 Å². The molecule has 0 aliphatic heterocycles. The highest BCUT2D eigenvalue weighted by Gasteiger charge is 2.06. The monoisotopic (exact) mass is 316 g/mol. The Bertz CT molecular complexity index is 388. The zero-order valence-corrected chi connectivity index (χ0v) is 12.4. The van der Waals surface area contributed by atoms with E-state index in [9.17, 15) is 19.2 Å². The summed E-state index contributed by atoms with van der Waals surface area (Å²) in [4.78, 5) is 44.5. The highest BCUT2D eigenvalue weighted by Crippen LogP contribution is 1.99. The minimum absolute atomic E-state index is 0.00837. The number of Topliss-reactive ketones (excluding diaryl/α,β-unsaturated/α-hetero) is 1. The SMILES string of the molecule is NNC(=O)CCCCC(=O)NNCC(=O)CCCC(=O)NN. The molecule has 0 radical (unpaired) electrons. The number of nitrogens with two attached hydrogens (primary N) is 2. The molecule has 0 unspecified atom stereocenters. The summed E-state index contributed by atoms with van der Waals surface area (Å²) in [7, 11) is 0. The van der Waals surface area contributed by atoms with Crippen molar-refractivity contribution in [2.45, 2.75) is 44.9 Å². The van der Waals surface area contributed by atoms with Gasteiger partial charge in [0.25, 0.3) is 0 Å². The molecular formula is C12H24N6O4. The zero-order chi connectivity index (χ0) is 16.8. The lowest BCUT2D eigenvalue weighted by Crippen LogP contribution is -2.40. The molecule has 0 atom stereocenters. The molecule has 0 saturated carbocycles. The van der Waals surface area contributed by atoms with Gasteiger partial charge in [0.15, 0.2) is 0 Å². The highest BCUT2D eigenvalue weighted by molar-refractivity contribution is 5.82. The maximum Gasteiger partial charge on any atom is 0.234 e. The van der Waals surface area contributed by atoms with Gasteiger partial charge in [0, 0.05) is 25.7 Å². The summed E-state index contributed by atoms with van der Waals surface area (Å²) in [6.45, 7) is -0.00837. The van der Waals surface area contributed by atoms with Crippen LogP contribution in [0.4, 0.5) is 0 Å². The van der Waals surface area contributed by atoms with E-state index in [-0.39, 0.29) is 55.7 Å². The van der Waals surface area contributed by atoms with Crippen LogP contribution >= 0.6 is 0 Å². The molecule has 0 aliphatic carbocycles. The van der Waals surface area contributed by atoms with Crippen LogP contribution in [-0.4, -0.2) is 30.0 Å². The third-order valence-corrected chi connectivity index (χ3v) is 2.75. The van der Waals surface area contributed by atoms with Crippen molar-refractivity contribution in [3.8, 4) is 0 Å². The van der Waals surface area contributed by atoms with E-state index in [0.29, 0.717) is 19.3 Å². The molecular weight excluding hydrogens is 292 g/mol. The first kappa shape index (κ1) is 20.0. The summed E-state index contributed by atoms with van der Waals surface area (Å²) in [5.74, 6) is 8.85. The molecule has 10 nitrogen and oxygen atoms in total. The molecule has 22 heavy (non-hydrogen) atoms. The summed E-state index contributed by atoms with van der Waals surface area (Å²) in [6, 6.07) is 0. The lowest BCUT2D eigenvalue weighted by Gasteiger charge is -2.06. The molecule has 0 spiro atoms. The number of hydrogen-bond donors (Lipinski definition) is 6. The second kappa shape index (κ2) is 12.7. The van der Waals surface area contributed by atoms with Crippen LogP contribution < -0.4 is 33.4 Å². The van der Waals surface area contributed by atoms with Gasteiger partial charge < -0.3 is 0 Å². The van der Waals surface area contributed by atoms with Crippen LogP contribution in [0.3, 0.4) is 0 Å². The van der Waals surface area contributed by atoms with Gasteiger partial charge in [-0.2, -0.15) is 0 Å². The Balaban J connectivity index is 3.52. The minimum atomic E-state index is -0.322. The fourth-order valence-corrected chi connectivity index (χ4v) is 1.55. The Morgan fingerprint density at radius 3 is 1.73 bits per heavy atom. The number of hydrazine groups is 3. The van der Waals surface area contributed by atoms with Gasteiger partial charge in [-0.1, -0.05) is 0 Å². The lowest BCUT2D eigenvalue weighted by molar-refractivity contribution is -0.124. The van der Waals surface area contributed by atoms with Gasteiger partial charge in [-0.05, 0) is 19.3 Å². The number of ketones is 1. The molecule has 126 valence electrons. The molecule has 0 fully saturated rings. The molecule has 10 heteroatoms. The molecule has 3 amide bonds. The van der Waals surface area contributed by atoms with Gasteiger partial charge in [-0.3, -0.25) is 35.5 Å². The van der Waals surface area contributed by atoms with Crippen molar-refractivity contribution in [3.63, 3.8) is 0 Å². The van der Waals surface area contributed by atoms with Gasteiger partial charge in [0.05, 0.1) is 6.54 Å². The maximum atomic E-state index is 11.4. The molecule has 0 aromatic rings. The predicted octanol–water partition coefficient (Wildman–Crippen LogP) is -2.11. The third-order valence-electron chi connectivity index (χ3n) is 2.75. The number of nitrogens with one attached hydrogen (secondary N) is 4. The molecule has 0 aromatic heterocycles. The van der Waals surface area contributed by atoms with Gasteiger partial charge in [-0.25, -0.2) is 17.1 Å². The van der Waals surface area contributed by atoms with Gasteiger partial charge in [-0.15, -0.1) is 0 Å². The molecule has 0 aliphatic rings. The van der Waals surface area contributed by atoms with E-state index in [2.05, 4.69) is 10.9 Å². The molecule has 0 aromatic carbocycles. The quantitative estimate of drug-likeness (QED) is 0.104. The fraction of sp³-hybridized carbons (Fsp3) is 0.667. The summed E-state index contributed by atoms with van der Waals surface area (Å²) < 4.78 is 0. The number of unbranched alkanes of at least 4 members (excludes halogenated alkanes) is 1. The van der Waals surface area contributed by atoms with Crippen LogP contribution in [0.15, 0.2) is 0 Å². The highest BCUT2D eigenvalue weighted by atomic mass is 16.2. The number of hydrogen-bond acceptors (Lipinski definition) is 7. The van der Waals surface area contributed by atoms with E-state index in [4.69, 9.17) is 11.7 Å². The van der Waals surface area contributed by atoms with Crippen LogP contribution in [0.1, 0.15) is 44.9 Å². The number of carbonyl (C=O) groups excluding carboxylic acids is 4. The fourth-order valence-electron chi connectivity index (χ4n) is 1.55. The van der Waals surface area contributed by atoms with Crippen molar-refractivity contribution in [2.24, 2.45) is 11.7 Å². The Hall–Kier alpha value is -2.04. The minimum Gasteiger partial charge on any atom is -0.298 e. The van der Waals surface area contributed by atoms with E-state index in [1.54, 1.807) is 0 Å². The predicted molar refractivity (Wildman–Crippen MR) is 78.1 cm³/mol. The van der Waals surface area contributed by atoms with E-state index < -0.39 is 0 Å². The Morgan fingerprint density at radius 2 is 1.18 bits per heavy atom. The van der Waals surface area contributed by atoms with E-state index in [1.165, 1.54) is 0 Å². The number of amides is 3. The van der Waals surface area contributed by atoms with Gasteiger partial charge in [0.1, 0.15) is 5.78 Å². The average molecular weight is 316 g/mol. The topological polar surface area (TPSA) is 168 Å². The van der Waals surface area contributed by atoms with Crippen LogP contribution in [0, 0.1) is 0 Å². The van der Waals surface area contributed by atoms with Crippen molar-refractivity contribution in [3.05, 3.63) is 0 Å². The second-order valence-electron chi connectivity index (χ2n) is 4.64. The zero-order valence-electron chi connectivity index (χ0n) is 12.4. The Labute approximate surface area is 128 Å². The number of rotatable bonds is 12. The van der Waals surface area contributed by atoms with Crippen LogP contribution in [0.2, 0.25) is 0 Å². The second-order valence-corrected chi connectivity index (χ2v) is 4.64. The Kier molecular flexibility index (Phi) is 11.5. The van der Waals surface area contributed by atoms with Gasteiger partial charge >= 0.3 is 0 Å².